The number of hydrogen-bond donors (Lipinski definition) is 0. The van der Waals surface area contributed by atoms with Gasteiger partial charge in [-0.2, -0.15) is 14.0 Å². The summed E-state index contributed by atoms with van der Waals surface area (Å²) in [5.74, 6) is 0. The van der Waals surface area contributed by atoms with Gasteiger partial charge in [-0.15, -0.1) is 0 Å². The van der Waals surface area contributed by atoms with Crippen molar-refractivity contribution in [3.05, 3.63) is 12.2 Å². The lowest BCUT2D eigenvalue weighted by atomic mass is 10.5. The number of allylic oxidation sites excluding steroid dienone is 1. The van der Waals surface area contributed by atoms with Crippen LogP contribution in [0.25, 0.3) is 0 Å². The molecule has 0 fully saturated rings. The predicted octanol–water partition coefficient (Wildman–Crippen LogP) is 2.02. The normalized spacial score (nSPS) is 11.8. The second-order valence-corrected chi connectivity index (χ2v) is 2.18. The molecule has 50 valence electrons. The Bertz CT molecular complexity index is 148. The number of thioether (sulfide) groups is 1. The smallest absolute Gasteiger partial charge is 0.193 e. The fourth-order valence-corrected chi connectivity index (χ4v) is 0.406. The van der Waals surface area contributed by atoms with Crippen molar-refractivity contribution in [1.82, 2.24) is 0 Å². The van der Waals surface area contributed by atoms with Crippen LogP contribution >= 0.6 is 11.8 Å². The molecule has 4 heteroatoms. The molecule has 0 unspecified atom stereocenters. The summed E-state index contributed by atoms with van der Waals surface area (Å²) < 4.78 is 24.1. The Hall–Kier alpha value is -0.560. The van der Waals surface area contributed by atoms with Crippen molar-refractivity contribution < 1.29 is 8.78 Å². The molecule has 0 atom stereocenters. The van der Waals surface area contributed by atoms with Crippen molar-refractivity contribution in [3.63, 3.8) is 0 Å². The van der Waals surface area contributed by atoms with Crippen LogP contribution < -0.4 is 0 Å². The topological polar surface area (TPSA) is 23.8 Å². The van der Waals surface area contributed by atoms with Crippen molar-refractivity contribution in [2.75, 3.05) is 6.26 Å². The van der Waals surface area contributed by atoms with Gasteiger partial charge in [0, 0.05) is 12.2 Å². The lowest BCUT2D eigenvalue weighted by molar-refractivity contribution is 0.163. The van der Waals surface area contributed by atoms with E-state index in [0.717, 1.165) is 6.08 Å². The molecule has 0 spiro atoms. The highest BCUT2D eigenvalue weighted by molar-refractivity contribution is 7.99. The zero-order valence-corrected chi connectivity index (χ0v) is 5.58. The summed E-state index contributed by atoms with van der Waals surface area (Å²) in [5, 5.41) is 4.95. The lowest BCUT2D eigenvalue weighted by Crippen LogP contribution is -2.02. The first kappa shape index (κ1) is 8.44. The zero-order chi connectivity index (χ0) is 7.33. The van der Waals surface area contributed by atoms with E-state index < -0.39 is 5.25 Å². The fourth-order valence-electron chi connectivity index (χ4n) is 0.202. The first-order valence-corrected chi connectivity index (χ1v) is 3.35. The highest BCUT2D eigenvalue weighted by Crippen LogP contribution is 2.27. The molecule has 0 aromatic heterocycles. The largest absolute Gasteiger partial charge is 0.313 e. The van der Waals surface area contributed by atoms with Gasteiger partial charge < -0.3 is 0 Å². The van der Waals surface area contributed by atoms with Gasteiger partial charge in [-0.3, -0.25) is 0 Å². The zero-order valence-electron chi connectivity index (χ0n) is 4.77. The van der Waals surface area contributed by atoms with Gasteiger partial charge in [0.15, 0.2) is 0 Å². The molecule has 0 heterocycles. The lowest BCUT2D eigenvalue weighted by Gasteiger charge is -2.04. The van der Waals surface area contributed by atoms with Crippen LogP contribution in [0.3, 0.4) is 0 Å². The summed E-state index contributed by atoms with van der Waals surface area (Å²) in [6.07, 6.45) is 2.62. The summed E-state index contributed by atoms with van der Waals surface area (Å²) in [6.45, 7) is 0. The SMILES string of the molecule is CSC(F)(F)/C=C/C#N. The van der Waals surface area contributed by atoms with Crippen LogP contribution in [0.15, 0.2) is 12.2 Å². The van der Waals surface area contributed by atoms with E-state index in [2.05, 4.69) is 0 Å². The minimum absolute atomic E-state index is 0.396. The summed E-state index contributed by atoms with van der Waals surface area (Å²) in [4.78, 5) is 0. The molecular weight excluding hydrogens is 144 g/mol. The number of nitriles is 1. The van der Waals surface area contributed by atoms with Crippen LogP contribution in [0, 0.1) is 11.3 Å². The summed E-state index contributed by atoms with van der Waals surface area (Å²) >= 11 is 0.396. The van der Waals surface area contributed by atoms with Crippen LogP contribution in [0.2, 0.25) is 0 Å². The average Bonchev–Trinajstić information content (AvgIpc) is 1.84. The number of halogens is 2. The van der Waals surface area contributed by atoms with Crippen LogP contribution in [0.1, 0.15) is 0 Å². The molecular formula is C5H5F2NS. The molecule has 9 heavy (non-hydrogen) atoms. The first-order valence-electron chi connectivity index (χ1n) is 2.12. The summed E-state index contributed by atoms with van der Waals surface area (Å²) in [6, 6.07) is 1.48. The minimum atomic E-state index is -2.89. The highest BCUT2D eigenvalue weighted by atomic mass is 32.2. The minimum Gasteiger partial charge on any atom is -0.193 e. The van der Waals surface area contributed by atoms with E-state index in [-0.39, 0.29) is 0 Å². The van der Waals surface area contributed by atoms with Crippen molar-refractivity contribution in [2.45, 2.75) is 5.25 Å². The summed E-state index contributed by atoms with van der Waals surface area (Å²) in [5.41, 5.74) is 0. The van der Waals surface area contributed by atoms with Crippen LogP contribution in [-0.4, -0.2) is 11.5 Å². The van der Waals surface area contributed by atoms with Crippen molar-refractivity contribution in [1.29, 1.82) is 5.26 Å². The Kier molecular flexibility index (Phi) is 3.25. The third kappa shape index (κ3) is 3.98. The van der Waals surface area contributed by atoms with E-state index in [4.69, 9.17) is 5.26 Å². The van der Waals surface area contributed by atoms with E-state index in [1.165, 1.54) is 12.3 Å². The van der Waals surface area contributed by atoms with E-state index in [0.29, 0.717) is 17.8 Å². The standard InChI is InChI=1S/C5H5F2NS/c1-9-5(6,7)3-2-4-8/h2-3H,1H3/b3-2+. The van der Waals surface area contributed by atoms with Gasteiger partial charge in [0.2, 0.25) is 0 Å². The maximum absolute atomic E-state index is 12.1. The number of alkyl halides is 2. The van der Waals surface area contributed by atoms with Gasteiger partial charge >= 0.3 is 5.25 Å². The van der Waals surface area contributed by atoms with E-state index in [9.17, 15) is 8.78 Å². The van der Waals surface area contributed by atoms with Crippen LogP contribution in [0.5, 0.6) is 0 Å². The molecule has 0 aliphatic rings. The van der Waals surface area contributed by atoms with Crippen LogP contribution in [0.4, 0.5) is 8.78 Å². The van der Waals surface area contributed by atoms with Gasteiger partial charge in [0.1, 0.15) is 0 Å². The maximum atomic E-state index is 12.1. The second-order valence-electron chi connectivity index (χ2n) is 1.23. The number of hydrogen-bond acceptors (Lipinski definition) is 2. The first-order chi connectivity index (χ1) is 4.12. The van der Waals surface area contributed by atoms with E-state index >= 15 is 0 Å². The molecule has 0 amide bonds. The molecule has 0 aliphatic heterocycles. The van der Waals surface area contributed by atoms with Crippen molar-refractivity contribution in [2.24, 2.45) is 0 Å². The molecule has 0 aromatic carbocycles. The Morgan fingerprint density at radius 3 is 2.56 bits per heavy atom. The molecule has 0 aliphatic carbocycles. The average molecular weight is 149 g/mol. The quantitative estimate of drug-likeness (QED) is 0.561. The molecule has 1 nitrogen and oxygen atoms in total. The fraction of sp³-hybridized carbons (Fsp3) is 0.400. The number of nitrogens with zero attached hydrogens (tertiary/aromatic N) is 1. The van der Waals surface area contributed by atoms with Gasteiger partial charge in [-0.1, -0.05) is 11.8 Å². The Morgan fingerprint density at radius 2 is 2.22 bits per heavy atom. The third-order valence-corrected chi connectivity index (χ3v) is 1.30. The Labute approximate surface area is 56.4 Å². The summed E-state index contributed by atoms with van der Waals surface area (Å²) in [7, 11) is 0. The van der Waals surface area contributed by atoms with Crippen LogP contribution in [-0.2, 0) is 0 Å². The maximum Gasteiger partial charge on any atom is 0.313 e. The molecule has 0 bridgehead atoms. The number of rotatable bonds is 2. The van der Waals surface area contributed by atoms with Crippen molar-refractivity contribution >= 4 is 11.8 Å². The van der Waals surface area contributed by atoms with Gasteiger partial charge in [0.25, 0.3) is 0 Å². The Morgan fingerprint density at radius 1 is 1.67 bits per heavy atom. The molecule has 0 N–H and O–H groups in total. The predicted molar refractivity (Wildman–Crippen MR) is 33.2 cm³/mol. The van der Waals surface area contributed by atoms with Gasteiger partial charge in [-0.25, -0.2) is 0 Å². The van der Waals surface area contributed by atoms with Crippen molar-refractivity contribution in [3.8, 4) is 6.07 Å². The molecule has 0 saturated heterocycles. The Balaban J connectivity index is 3.89. The van der Waals surface area contributed by atoms with Gasteiger partial charge in [-0.05, 0) is 6.26 Å². The molecule has 0 saturated carbocycles. The monoisotopic (exact) mass is 149 g/mol. The highest BCUT2D eigenvalue weighted by Gasteiger charge is 2.21. The van der Waals surface area contributed by atoms with E-state index in [1.54, 1.807) is 0 Å². The second kappa shape index (κ2) is 3.46. The third-order valence-electron chi connectivity index (χ3n) is 0.624. The van der Waals surface area contributed by atoms with E-state index in [1.807, 2.05) is 0 Å². The molecule has 0 radical (unpaired) electrons. The van der Waals surface area contributed by atoms with Gasteiger partial charge in [0.05, 0.1) is 6.07 Å². The molecule has 0 aromatic rings. The molecule has 0 rings (SSSR count).